The number of H-pyrrole nitrogens is 1. The maximum Gasteiger partial charge on any atom is 0.141 e. The highest BCUT2D eigenvalue weighted by Gasteiger charge is 2.08. The van der Waals surface area contributed by atoms with Gasteiger partial charge in [0, 0.05) is 18.0 Å². The van der Waals surface area contributed by atoms with Crippen LogP contribution in [-0.2, 0) is 0 Å². The van der Waals surface area contributed by atoms with Crippen molar-refractivity contribution in [3.05, 3.63) is 55.0 Å². The Bertz CT molecular complexity index is 662. The van der Waals surface area contributed by atoms with Crippen molar-refractivity contribution < 1.29 is 5.11 Å². The van der Waals surface area contributed by atoms with Gasteiger partial charge in [0.2, 0.25) is 0 Å². The molecule has 3 aromatic rings. The van der Waals surface area contributed by atoms with Gasteiger partial charge in [-0.05, 0) is 24.3 Å². The maximum absolute atomic E-state index is 9.77. The molecule has 0 amide bonds. The molecule has 2 N–H and O–H groups in total. The topological polar surface area (TPSA) is 61.8 Å². The molecule has 0 atom stereocenters. The van der Waals surface area contributed by atoms with Gasteiger partial charge in [-0.2, -0.15) is 0 Å². The Morgan fingerprint density at radius 3 is 2.67 bits per heavy atom. The first-order valence-corrected chi connectivity index (χ1v) is 5.58. The predicted octanol–water partition coefficient (Wildman–Crippen LogP) is 2.84. The van der Waals surface area contributed by atoms with E-state index in [9.17, 15) is 5.11 Å². The molecule has 2 aromatic heterocycles. The van der Waals surface area contributed by atoms with E-state index in [4.69, 9.17) is 0 Å². The molecule has 0 saturated carbocycles. The van der Waals surface area contributed by atoms with Crippen molar-refractivity contribution in [1.29, 1.82) is 0 Å². The Morgan fingerprint density at radius 1 is 1.00 bits per heavy atom. The van der Waals surface area contributed by atoms with E-state index in [0.717, 1.165) is 11.3 Å². The van der Waals surface area contributed by atoms with Crippen LogP contribution in [0.2, 0.25) is 0 Å². The molecule has 88 valence electrons. The van der Waals surface area contributed by atoms with E-state index in [0.29, 0.717) is 11.4 Å². The minimum Gasteiger partial charge on any atom is -0.507 e. The van der Waals surface area contributed by atoms with Crippen LogP contribution in [0.25, 0.3) is 22.6 Å². The van der Waals surface area contributed by atoms with Crippen molar-refractivity contribution in [2.75, 3.05) is 0 Å². The van der Waals surface area contributed by atoms with Crippen molar-refractivity contribution in [2.24, 2.45) is 0 Å². The first-order valence-electron chi connectivity index (χ1n) is 5.58. The van der Waals surface area contributed by atoms with E-state index in [-0.39, 0.29) is 5.75 Å². The molecule has 0 unspecified atom stereocenters. The van der Waals surface area contributed by atoms with E-state index in [1.54, 1.807) is 30.7 Å². The summed E-state index contributed by atoms with van der Waals surface area (Å²) in [6, 6.07) is 10.9. The summed E-state index contributed by atoms with van der Waals surface area (Å²) < 4.78 is 0. The number of imidazole rings is 1. The number of nitrogens with one attached hydrogen (secondary N) is 1. The molecule has 0 bridgehead atoms. The lowest BCUT2D eigenvalue weighted by Gasteiger charge is -2.00. The second-order valence-electron chi connectivity index (χ2n) is 3.90. The Labute approximate surface area is 104 Å². The molecule has 2 heterocycles. The molecule has 4 heteroatoms. The minimum atomic E-state index is 0.213. The Morgan fingerprint density at radius 2 is 1.89 bits per heavy atom. The average Bonchev–Trinajstić information content (AvgIpc) is 2.90. The number of phenolic OH excluding ortho intramolecular Hbond substituents is 1. The number of rotatable bonds is 2. The van der Waals surface area contributed by atoms with E-state index in [1.165, 1.54) is 0 Å². The van der Waals surface area contributed by atoms with Crippen molar-refractivity contribution >= 4 is 0 Å². The van der Waals surface area contributed by atoms with Crippen LogP contribution in [-0.4, -0.2) is 20.1 Å². The van der Waals surface area contributed by atoms with E-state index < -0.39 is 0 Å². The third-order valence-corrected chi connectivity index (χ3v) is 2.71. The second kappa shape index (κ2) is 4.33. The van der Waals surface area contributed by atoms with E-state index in [2.05, 4.69) is 15.0 Å². The molecule has 0 saturated heterocycles. The molecule has 0 spiro atoms. The standard InChI is InChI=1S/C14H11N3O/c18-13-6-2-1-5-11(13)14-16-9-12(17-14)10-4-3-7-15-8-10/h1-9,18H,(H,16,17). The van der Waals surface area contributed by atoms with Crippen LogP contribution >= 0.6 is 0 Å². The van der Waals surface area contributed by atoms with Gasteiger partial charge in [0.1, 0.15) is 11.6 Å². The normalized spacial score (nSPS) is 10.4. The fraction of sp³-hybridized carbons (Fsp3) is 0. The highest BCUT2D eigenvalue weighted by Crippen LogP contribution is 2.27. The molecule has 3 rings (SSSR count). The van der Waals surface area contributed by atoms with Gasteiger partial charge < -0.3 is 10.1 Å². The fourth-order valence-corrected chi connectivity index (χ4v) is 1.80. The maximum atomic E-state index is 9.77. The van der Waals surface area contributed by atoms with Gasteiger partial charge in [-0.3, -0.25) is 4.98 Å². The minimum absolute atomic E-state index is 0.213. The third kappa shape index (κ3) is 1.84. The molecule has 18 heavy (non-hydrogen) atoms. The van der Waals surface area contributed by atoms with E-state index in [1.807, 2.05) is 24.3 Å². The smallest absolute Gasteiger partial charge is 0.141 e. The predicted molar refractivity (Wildman–Crippen MR) is 68.9 cm³/mol. The fourth-order valence-electron chi connectivity index (χ4n) is 1.80. The Kier molecular flexibility index (Phi) is 2.53. The number of hydrogen-bond acceptors (Lipinski definition) is 3. The summed E-state index contributed by atoms with van der Waals surface area (Å²) in [6.45, 7) is 0. The van der Waals surface area contributed by atoms with Crippen LogP contribution in [0.3, 0.4) is 0 Å². The lowest BCUT2D eigenvalue weighted by Crippen LogP contribution is -1.82. The first kappa shape index (κ1) is 10.5. The number of aromatic amines is 1. The summed E-state index contributed by atoms with van der Waals surface area (Å²) >= 11 is 0. The zero-order valence-corrected chi connectivity index (χ0v) is 9.54. The van der Waals surface area contributed by atoms with Gasteiger partial charge in [0.25, 0.3) is 0 Å². The monoisotopic (exact) mass is 237 g/mol. The Balaban J connectivity index is 2.03. The number of para-hydroxylation sites is 1. The molecular formula is C14H11N3O. The molecule has 1 aromatic carbocycles. The van der Waals surface area contributed by atoms with Crippen LogP contribution in [0.1, 0.15) is 0 Å². The van der Waals surface area contributed by atoms with Crippen LogP contribution in [0.5, 0.6) is 5.75 Å². The molecule has 0 aliphatic rings. The van der Waals surface area contributed by atoms with Crippen LogP contribution in [0.15, 0.2) is 55.0 Å². The molecule has 0 aliphatic heterocycles. The molecule has 0 radical (unpaired) electrons. The number of benzene rings is 1. The summed E-state index contributed by atoms with van der Waals surface area (Å²) in [5.41, 5.74) is 2.53. The highest BCUT2D eigenvalue weighted by atomic mass is 16.3. The van der Waals surface area contributed by atoms with Crippen molar-refractivity contribution in [1.82, 2.24) is 15.0 Å². The zero-order chi connectivity index (χ0) is 12.4. The summed E-state index contributed by atoms with van der Waals surface area (Å²) in [7, 11) is 0. The summed E-state index contributed by atoms with van der Waals surface area (Å²) in [5, 5.41) is 9.77. The van der Waals surface area contributed by atoms with E-state index >= 15 is 0 Å². The summed E-state index contributed by atoms with van der Waals surface area (Å²) in [4.78, 5) is 11.5. The lowest BCUT2D eigenvalue weighted by molar-refractivity contribution is 0.477. The lowest BCUT2D eigenvalue weighted by atomic mass is 10.2. The van der Waals surface area contributed by atoms with Gasteiger partial charge in [-0.25, -0.2) is 4.98 Å². The van der Waals surface area contributed by atoms with Crippen LogP contribution < -0.4 is 0 Å². The summed E-state index contributed by atoms with van der Waals surface area (Å²) in [5.74, 6) is 0.858. The average molecular weight is 237 g/mol. The van der Waals surface area contributed by atoms with Gasteiger partial charge in [0.15, 0.2) is 0 Å². The van der Waals surface area contributed by atoms with Crippen molar-refractivity contribution in [3.63, 3.8) is 0 Å². The van der Waals surface area contributed by atoms with Gasteiger partial charge in [0.05, 0.1) is 17.5 Å². The molecule has 4 nitrogen and oxygen atoms in total. The molecule has 0 fully saturated rings. The van der Waals surface area contributed by atoms with Crippen molar-refractivity contribution in [3.8, 4) is 28.4 Å². The number of hydrogen-bond donors (Lipinski definition) is 2. The molecular weight excluding hydrogens is 226 g/mol. The highest BCUT2D eigenvalue weighted by molar-refractivity contribution is 5.67. The SMILES string of the molecule is Oc1ccccc1-c1ncc(-c2cccnc2)[nH]1. The Hall–Kier alpha value is -2.62. The number of aromatic nitrogens is 3. The quantitative estimate of drug-likeness (QED) is 0.720. The summed E-state index contributed by atoms with van der Waals surface area (Å²) in [6.07, 6.45) is 5.23. The first-order chi connectivity index (χ1) is 8.84. The zero-order valence-electron chi connectivity index (χ0n) is 9.54. The number of pyridine rings is 1. The van der Waals surface area contributed by atoms with Crippen LogP contribution in [0.4, 0.5) is 0 Å². The molecule has 0 aliphatic carbocycles. The van der Waals surface area contributed by atoms with Gasteiger partial charge >= 0.3 is 0 Å². The largest absolute Gasteiger partial charge is 0.507 e. The second-order valence-corrected chi connectivity index (χ2v) is 3.90. The number of nitrogens with zero attached hydrogens (tertiary/aromatic N) is 2. The number of phenols is 1. The van der Waals surface area contributed by atoms with Crippen LogP contribution in [0, 0.1) is 0 Å². The number of aromatic hydroxyl groups is 1. The van der Waals surface area contributed by atoms with Crippen molar-refractivity contribution in [2.45, 2.75) is 0 Å². The van der Waals surface area contributed by atoms with Gasteiger partial charge in [-0.15, -0.1) is 0 Å². The third-order valence-electron chi connectivity index (χ3n) is 2.71. The van der Waals surface area contributed by atoms with Gasteiger partial charge in [-0.1, -0.05) is 12.1 Å².